The van der Waals surface area contributed by atoms with E-state index in [4.69, 9.17) is 9.29 Å². The molecule has 0 aromatic heterocycles. The molecule has 122 valence electrons. The first-order valence-corrected chi connectivity index (χ1v) is 8.78. The Hall–Kier alpha value is -1.27. The van der Waals surface area contributed by atoms with Crippen molar-refractivity contribution >= 4 is 17.0 Å². The molecular weight excluding hydrogens is 307 g/mol. The van der Waals surface area contributed by atoms with Crippen molar-refractivity contribution in [1.82, 2.24) is 0 Å². The van der Waals surface area contributed by atoms with Gasteiger partial charge in [-0.2, -0.15) is 0 Å². The fraction of sp³-hybridized carbons (Fsp3) is 0.562. The number of hydrogen-bond donors (Lipinski definition) is 1. The number of benzene rings is 1. The van der Waals surface area contributed by atoms with Crippen LogP contribution in [0.25, 0.3) is 0 Å². The minimum absolute atomic E-state index is 0.0357. The van der Waals surface area contributed by atoms with Crippen molar-refractivity contribution in [3.8, 4) is 0 Å². The van der Waals surface area contributed by atoms with Crippen LogP contribution in [0.3, 0.4) is 0 Å². The van der Waals surface area contributed by atoms with E-state index in [2.05, 4.69) is 0 Å². The first kappa shape index (κ1) is 17.1. The van der Waals surface area contributed by atoms with E-state index in [9.17, 15) is 13.4 Å². The van der Waals surface area contributed by atoms with Gasteiger partial charge in [0.25, 0.3) is 0 Å². The summed E-state index contributed by atoms with van der Waals surface area (Å²) in [5.41, 5.74) is 0.881. The number of esters is 1. The predicted octanol–water partition coefficient (Wildman–Crippen LogP) is 3.21. The van der Waals surface area contributed by atoms with E-state index in [1.807, 2.05) is 0 Å². The number of carbonyl (C=O) groups excluding carboxylic acids is 1. The van der Waals surface area contributed by atoms with Gasteiger partial charge in [-0.25, -0.2) is 8.60 Å². The van der Waals surface area contributed by atoms with E-state index in [0.717, 1.165) is 25.7 Å². The molecule has 22 heavy (non-hydrogen) atoms. The van der Waals surface area contributed by atoms with Crippen LogP contribution >= 0.6 is 0 Å². The third-order valence-corrected chi connectivity index (χ3v) is 4.48. The molecule has 1 aliphatic rings. The van der Waals surface area contributed by atoms with Gasteiger partial charge in [-0.3, -0.25) is 4.79 Å². The van der Waals surface area contributed by atoms with Crippen molar-refractivity contribution in [2.24, 2.45) is 5.92 Å². The lowest BCUT2D eigenvalue weighted by Crippen LogP contribution is -2.22. The highest BCUT2D eigenvalue weighted by atomic mass is 32.2. The van der Waals surface area contributed by atoms with E-state index in [0.29, 0.717) is 12.0 Å². The van der Waals surface area contributed by atoms with Gasteiger partial charge in [-0.15, -0.1) is 0 Å². The van der Waals surface area contributed by atoms with Crippen LogP contribution in [-0.2, 0) is 32.8 Å². The zero-order valence-corrected chi connectivity index (χ0v) is 13.4. The molecule has 1 aromatic carbocycles. The molecule has 1 N–H and O–H groups in total. The van der Waals surface area contributed by atoms with Crippen LogP contribution in [0, 0.1) is 11.7 Å². The van der Waals surface area contributed by atoms with Gasteiger partial charge >= 0.3 is 5.97 Å². The second kappa shape index (κ2) is 7.83. The maximum atomic E-state index is 13.8. The van der Waals surface area contributed by atoms with E-state index >= 15 is 0 Å². The average Bonchev–Trinajstić information content (AvgIpc) is 2.94. The third-order valence-electron chi connectivity index (χ3n) is 3.93. The van der Waals surface area contributed by atoms with Crippen LogP contribution in [-0.4, -0.2) is 20.8 Å². The largest absolute Gasteiger partial charge is 0.462 e. The molecule has 2 unspecified atom stereocenters. The average molecular weight is 328 g/mol. The SMILES string of the molecule is CC(Cc1ccc(CS(=O)O)c(F)c1)C(=O)OC1CCCC1. The first-order valence-electron chi connectivity index (χ1n) is 7.51. The lowest BCUT2D eigenvalue weighted by molar-refractivity contribution is -0.153. The summed E-state index contributed by atoms with van der Waals surface area (Å²) < 4.78 is 38.8. The summed E-state index contributed by atoms with van der Waals surface area (Å²) in [6.45, 7) is 1.77. The molecule has 0 radical (unpaired) electrons. The summed E-state index contributed by atoms with van der Waals surface area (Å²) >= 11 is -2.07. The molecule has 0 aliphatic heterocycles. The predicted molar refractivity (Wildman–Crippen MR) is 82.1 cm³/mol. The molecule has 2 atom stereocenters. The maximum absolute atomic E-state index is 13.8. The molecular formula is C16H21FO4S. The topological polar surface area (TPSA) is 63.6 Å². The number of rotatable bonds is 6. The molecule has 0 bridgehead atoms. The lowest BCUT2D eigenvalue weighted by Gasteiger charge is -2.16. The number of hydrogen-bond acceptors (Lipinski definition) is 3. The second-order valence-electron chi connectivity index (χ2n) is 5.84. The van der Waals surface area contributed by atoms with Crippen molar-refractivity contribution in [3.05, 3.63) is 35.1 Å². The molecule has 1 saturated carbocycles. The van der Waals surface area contributed by atoms with Crippen molar-refractivity contribution in [1.29, 1.82) is 0 Å². The molecule has 1 fully saturated rings. The fourth-order valence-electron chi connectivity index (χ4n) is 2.69. The Morgan fingerprint density at radius 2 is 2.14 bits per heavy atom. The fourth-order valence-corrected chi connectivity index (χ4v) is 3.19. The van der Waals surface area contributed by atoms with Crippen LogP contribution in [0.4, 0.5) is 4.39 Å². The molecule has 2 rings (SSSR count). The van der Waals surface area contributed by atoms with Gasteiger partial charge < -0.3 is 9.29 Å². The van der Waals surface area contributed by atoms with E-state index in [-0.39, 0.29) is 29.3 Å². The van der Waals surface area contributed by atoms with Gasteiger partial charge in [0.05, 0.1) is 11.7 Å². The van der Waals surface area contributed by atoms with Gasteiger partial charge in [-0.1, -0.05) is 19.1 Å². The first-order chi connectivity index (χ1) is 10.5. The van der Waals surface area contributed by atoms with Crippen molar-refractivity contribution in [2.45, 2.75) is 50.9 Å². The van der Waals surface area contributed by atoms with E-state index in [1.54, 1.807) is 13.0 Å². The molecule has 4 nitrogen and oxygen atoms in total. The van der Waals surface area contributed by atoms with Crippen LogP contribution in [0.15, 0.2) is 18.2 Å². The van der Waals surface area contributed by atoms with Crippen molar-refractivity contribution in [3.63, 3.8) is 0 Å². The summed E-state index contributed by atoms with van der Waals surface area (Å²) in [7, 11) is 0. The minimum Gasteiger partial charge on any atom is -0.462 e. The Kier molecular flexibility index (Phi) is 6.08. The zero-order valence-electron chi connectivity index (χ0n) is 12.6. The quantitative estimate of drug-likeness (QED) is 0.643. The molecule has 0 spiro atoms. The Balaban J connectivity index is 1.92. The van der Waals surface area contributed by atoms with Gasteiger partial charge in [0.2, 0.25) is 0 Å². The van der Waals surface area contributed by atoms with E-state index in [1.165, 1.54) is 12.1 Å². The summed E-state index contributed by atoms with van der Waals surface area (Å²) in [5.74, 6) is -1.33. The van der Waals surface area contributed by atoms with Crippen LogP contribution in [0.1, 0.15) is 43.7 Å². The monoisotopic (exact) mass is 328 g/mol. The second-order valence-corrected chi connectivity index (χ2v) is 6.77. The molecule has 6 heteroatoms. The Labute approximate surface area is 132 Å². The smallest absolute Gasteiger partial charge is 0.309 e. The number of carbonyl (C=O) groups is 1. The van der Waals surface area contributed by atoms with Gasteiger partial charge in [0.1, 0.15) is 11.9 Å². The van der Waals surface area contributed by atoms with Crippen molar-refractivity contribution in [2.75, 3.05) is 0 Å². The van der Waals surface area contributed by atoms with Gasteiger partial charge in [0.15, 0.2) is 11.1 Å². The zero-order chi connectivity index (χ0) is 16.1. The minimum atomic E-state index is -2.07. The molecule has 0 amide bonds. The Morgan fingerprint density at radius 1 is 1.45 bits per heavy atom. The number of ether oxygens (including phenoxy) is 1. The lowest BCUT2D eigenvalue weighted by atomic mass is 10.00. The molecule has 0 heterocycles. The molecule has 0 saturated heterocycles. The molecule has 1 aromatic rings. The highest BCUT2D eigenvalue weighted by Crippen LogP contribution is 2.23. The van der Waals surface area contributed by atoms with E-state index < -0.39 is 16.9 Å². The van der Waals surface area contributed by atoms with Gasteiger partial charge in [0, 0.05) is 5.56 Å². The van der Waals surface area contributed by atoms with Crippen LogP contribution in [0.5, 0.6) is 0 Å². The summed E-state index contributed by atoms with van der Waals surface area (Å²) in [6, 6.07) is 4.50. The Morgan fingerprint density at radius 3 is 2.73 bits per heavy atom. The summed E-state index contributed by atoms with van der Waals surface area (Å²) in [4.78, 5) is 12.0. The van der Waals surface area contributed by atoms with Gasteiger partial charge in [-0.05, 0) is 43.7 Å². The molecule has 1 aliphatic carbocycles. The maximum Gasteiger partial charge on any atom is 0.309 e. The highest BCUT2D eigenvalue weighted by molar-refractivity contribution is 7.78. The highest BCUT2D eigenvalue weighted by Gasteiger charge is 2.23. The third kappa shape index (κ3) is 4.88. The standard InChI is InChI=1S/C16H21FO4S/c1-11(16(18)21-14-4-2-3-5-14)8-12-6-7-13(10-22(19)20)15(17)9-12/h6-7,9,11,14H,2-5,8,10H2,1H3,(H,19,20). The number of halogens is 1. The normalized spacial score (nSPS) is 18.1. The van der Waals surface area contributed by atoms with Crippen molar-refractivity contribution < 1.29 is 22.7 Å². The van der Waals surface area contributed by atoms with Crippen LogP contribution < -0.4 is 0 Å². The van der Waals surface area contributed by atoms with Crippen LogP contribution in [0.2, 0.25) is 0 Å². The summed E-state index contributed by atoms with van der Waals surface area (Å²) in [6.07, 6.45) is 4.50. The summed E-state index contributed by atoms with van der Waals surface area (Å²) in [5, 5.41) is 0. The Bertz CT molecular complexity index is 555.